The third kappa shape index (κ3) is 7.08. The molecule has 3 rings (SSSR count). The maximum atomic E-state index is 13.5. The highest BCUT2D eigenvalue weighted by atomic mass is 32.2. The van der Waals surface area contributed by atoms with E-state index in [1.54, 1.807) is 36.4 Å². The fourth-order valence-corrected chi connectivity index (χ4v) is 4.73. The highest BCUT2D eigenvalue weighted by Crippen LogP contribution is 2.32. The van der Waals surface area contributed by atoms with Gasteiger partial charge >= 0.3 is 0 Å². The molecule has 0 unspecified atom stereocenters. The molecule has 3 aromatic carbocycles. The topological polar surface area (TPSA) is 97.3 Å². The number of benzene rings is 3. The Morgan fingerprint density at radius 1 is 1.03 bits per heavy atom. The molecule has 3 aromatic rings. The first-order valence-electron chi connectivity index (χ1n) is 11.6. The van der Waals surface area contributed by atoms with E-state index in [2.05, 4.69) is 17.5 Å². The van der Waals surface area contributed by atoms with Crippen molar-refractivity contribution in [2.45, 2.75) is 31.6 Å². The van der Waals surface area contributed by atoms with E-state index in [1.807, 2.05) is 31.2 Å². The minimum Gasteiger partial charge on any atom is -0.495 e. The maximum Gasteiger partial charge on any atom is 0.264 e. The van der Waals surface area contributed by atoms with Crippen LogP contribution in [0.4, 0.5) is 5.69 Å². The van der Waals surface area contributed by atoms with Gasteiger partial charge in [-0.1, -0.05) is 43.2 Å². The molecule has 0 bridgehead atoms. The molecule has 0 heterocycles. The van der Waals surface area contributed by atoms with Gasteiger partial charge in [0.05, 0.1) is 30.5 Å². The molecule has 0 saturated heterocycles. The lowest BCUT2D eigenvalue weighted by molar-refractivity contribution is -0.119. The molecule has 0 aliphatic heterocycles. The number of sulfonamides is 1. The molecule has 9 heteroatoms. The van der Waals surface area contributed by atoms with E-state index in [-0.39, 0.29) is 10.6 Å². The fourth-order valence-electron chi connectivity index (χ4n) is 3.30. The molecule has 0 fully saturated rings. The maximum absolute atomic E-state index is 13.5. The Balaban J connectivity index is 1.75. The van der Waals surface area contributed by atoms with Crippen LogP contribution in [0.3, 0.4) is 0 Å². The second-order valence-electron chi connectivity index (χ2n) is 8.06. The molecule has 0 aliphatic carbocycles. The Bertz CT molecular complexity index is 1270. The molecular weight excluding hydrogens is 478 g/mol. The van der Waals surface area contributed by atoms with Crippen molar-refractivity contribution in [3.63, 3.8) is 0 Å². The number of carbonyl (C=O) groups is 1. The highest BCUT2D eigenvalue weighted by molar-refractivity contribution is 7.92. The molecule has 0 aromatic heterocycles. The van der Waals surface area contributed by atoms with Crippen molar-refractivity contribution in [2.24, 2.45) is 5.10 Å². The molecule has 0 saturated carbocycles. The number of nitrogens with one attached hydrogen (secondary N) is 1. The Morgan fingerprint density at radius 2 is 1.72 bits per heavy atom. The van der Waals surface area contributed by atoms with Gasteiger partial charge < -0.3 is 9.47 Å². The zero-order chi connectivity index (χ0) is 26.0. The standard InChI is InChI=1S/C27H31N3O5S/c1-4-5-18-35-23-14-12-22(13-15-23)19-28-29-27(31)20-30(25-8-6-7-9-26(25)34-3)36(32,33)24-16-10-21(2)11-17-24/h6-17,19H,4-5,18,20H2,1-3H3,(H,29,31)/b28-19+. The lowest BCUT2D eigenvalue weighted by atomic mass is 10.2. The largest absolute Gasteiger partial charge is 0.495 e. The average Bonchev–Trinajstić information content (AvgIpc) is 2.88. The van der Waals surface area contributed by atoms with Crippen LogP contribution >= 0.6 is 0 Å². The smallest absolute Gasteiger partial charge is 0.264 e. The van der Waals surface area contributed by atoms with Crippen LogP contribution in [0.5, 0.6) is 11.5 Å². The van der Waals surface area contributed by atoms with Crippen molar-refractivity contribution >= 4 is 27.8 Å². The number of nitrogens with zero attached hydrogens (tertiary/aromatic N) is 2. The van der Waals surface area contributed by atoms with Crippen molar-refractivity contribution in [1.82, 2.24) is 5.43 Å². The quantitative estimate of drug-likeness (QED) is 0.220. The molecule has 190 valence electrons. The number of hydrazone groups is 1. The second kappa shape index (κ2) is 12.7. The van der Waals surface area contributed by atoms with Crippen molar-refractivity contribution in [3.8, 4) is 11.5 Å². The normalized spacial score (nSPS) is 11.3. The SMILES string of the molecule is CCCCOc1ccc(/C=N/NC(=O)CN(c2ccccc2OC)S(=O)(=O)c2ccc(C)cc2)cc1. The first-order chi connectivity index (χ1) is 17.3. The van der Waals surface area contributed by atoms with E-state index in [0.29, 0.717) is 12.4 Å². The Kier molecular flexibility index (Phi) is 9.46. The molecule has 0 spiro atoms. The minimum absolute atomic E-state index is 0.0663. The summed E-state index contributed by atoms with van der Waals surface area (Å²) >= 11 is 0. The van der Waals surface area contributed by atoms with Crippen molar-refractivity contribution in [2.75, 3.05) is 24.6 Å². The number of para-hydroxylation sites is 2. The number of ether oxygens (including phenoxy) is 2. The van der Waals surface area contributed by atoms with Gasteiger partial charge in [0.1, 0.15) is 18.0 Å². The minimum atomic E-state index is -4.06. The number of anilines is 1. The monoisotopic (exact) mass is 509 g/mol. The summed E-state index contributed by atoms with van der Waals surface area (Å²) in [6, 6.07) is 20.4. The third-order valence-corrected chi connectivity index (χ3v) is 7.07. The number of carbonyl (C=O) groups excluding carboxylic acids is 1. The van der Waals surface area contributed by atoms with Gasteiger partial charge in [-0.25, -0.2) is 13.8 Å². The zero-order valence-corrected chi connectivity index (χ0v) is 21.5. The number of hydrogen-bond acceptors (Lipinski definition) is 6. The molecular formula is C27H31N3O5S. The first kappa shape index (κ1) is 26.7. The lowest BCUT2D eigenvalue weighted by Crippen LogP contribution is -2.39. The second-order valence-corrected chi connectivity index (χ2v) is 9.92. The van der Waals surface area contributed by atoms with Gasteiger partial charge in [-0.2, -0.15) is 5.10 Å². The van der Waals surface area contributed by atoms with Crippen molar-refractivity contribution in [1.29, 1.82) is 0 Å². The lowest BCUT2D eigenvalue weighted by Gasteiger charge is -2.25. The van der Waals surface area contributed by atoms with Gasteiger partial charge in [0.25, 0.3) is 15.9 Å². The van der Waals surface area contributed by atoms with Crippen molar-refractivity contribution < 1.29 is 22.7 Å². The predicted octanol–water partition coefficient (Wildman–Crippen LogP) is 4.53. The van der Waals surface area contributed by atoms with E-state index >= 15 is 0 Å². The predicted molar refractivity (Wildman–Crippen MR) is 141 cm³/mol. The first-order valence-corrected chi connectivity index (χ1v) is 13.1. The molecule has 0 radical (unpaired) electrons. The molecule has 8 nitrogen and oxygen atoms in total. The summed E-state index contributed by atoms with van der Waals surface area (Å²) in [5.41, 5.74) is 4.34. The Morgan fingerprint density at radius 3 is 2.39 bits per heavy atom. The van der Waals surface area contributed by atoms with Gasteiger partial charge in [0.2, 0.25) is 0 Å². The van der Waals surface area contributed by atoms with Gasteiger partial charge in [0, 0.05) is 0 Å². The number of amides is 1. The van der Waals surface area contributed by atoms with Crippen LogP contribution < -0.4 is 19.2 Å². The summed E-state index contributed by atoms with van der Waals surface area (Å²) in [6.07, 6.45) is 3.53. The zero-order valence-electron chi connectivity index (χ0n) is 20.7. The third-order valence-electron chi connectivity index (χ3n) is 5.30. The summed E-state index contributed by atoms with van der Waals surface area (Å²) in [7, 11) is -2.62. The Hall–Kier alpha value is -3.85. The number of rotatable bonds is 12. The number of unbranched alkanes of at least 4 members (excludes halogenated alkanes) is 1. The van der Waals surface area contributed by atoms with Crippen LogP contribution in [-0.4, -0.2) is 40.8 Å². The summed E-state index contributed by atoms with van der Waals surface area (Å²) < 4.78 is 39.0. The van der Waals surface area contributed by atoms with E-state index in [4.69, 9.17) is 9.47 Å². The van der Waals surface area contributed by atoms with E-state index < -0.39 is 22.5 Å². The summed E-state index contributed by atoms with van der Waals surface area (Å²) in [6.45, 7) is 4.14. The van der Waals surface area contributed by atoms with Gasteiger partial charge in [-0.05, 0) is 67.4 Å². The summed E-state index contributed by atoms with van der Waals surface area (Å²) in [5.74, 6) is 0.483. The van der Waals surface area contributed by atoms with E-state index in [0.717, 1.165) is 34.0 Å². The van der Waals surface area contributed by atoms with Gasteiger partial charge in [-0.15, -0.1) is 0 Å². The number of hydrogen-bond donors (Lipinski definition) is 1. The van der Waals surface area contributed by atoms with Crippen LogP contribution in [0.1, 0.15) is 30.9 Å². The summed E-state index contributed by atoms with van der Waals surface area (Å²) in [4.78, 5) is 12.8. The molecule has 36 heavy (non-hydrogen) atoms. The van der Waals surface area contributed by atoms with Gasteiger partial charge in [0.15, 0.2) is 0 Å². The molecule has 1 N–H and O–H groups in total. The molecule has 1 amide bonds. The Labute approximate surface area is 212 Å². The average molecular weight is 510 g/mol. The van der Waals surface area contributed by atoms with Crippen LogP contribution in [0, 0.1) is 6.92 Å². The fraction of sp³-hybridized carbons (Fsp3) is 0.259. The number of aryl methyl sites for hydroxylation is 1. The number of methoxy groups -OCH3 is 1. The van der Waals surface area contributed by atoms with E-state index in [1.165, 1.54) is 25.5 Å². The van der Waals surface area contributed by atoms with Crippen LogP contribution in [0.2, 0.25) is 0 Å². The van der Waals surface area contributed by atoms with Crippen molar-refractivity contribution in [3.05, 3.63) is 83.9 Å². The van der Waals surface area contributed by atoms with E-state index in [9.17, 15) is 13.2 Å². The molecule has 0 atom stereocenters. The van der Waals surface area contributed by atoms with Gasteiger partial charge in [-0.3, -0.25) is 9.10 Å². The van der Waals surface area contributed by atoms with Crippen LogP contribution in [0.15, 0.2) is 82.8 Å². The molecule has 0 aliphatic rings. The summed E-state index contributed by atoms with van der Waals surface area (Å²) in [5, 5.41) is 3.98. The highest BCUT2D eigenvalue weighted by Gasteiger charge is 2.29. The van der Waals surface area contributed by atoms with Crippen LogP contribution in [0.25, 0.3) is 0 Å². The van der Waals surface area contributed by atoms with Crippen LogP contribution in [-0.2, 0) is 14.8 Å².